The van der Waals surface area contributed by atoms with Gasteiger partial charge in [0.15, 0.2) is 0 Å². The van der Waals surface area contributed by atoms with Crippen LogP contribution in [0.15, 0.2) is 21.8 Å². The predicted molar refractivity (Wildman–Crippen MR) is 52.9 cm³/mol. The van der Waals surface area contributed by atoms with E-state index in [-0.39, 0.29) is 4.90 Å². The van der Waals surface area contributed by atoms with Gasteiger partial charge >= 0.3 is 0 Å². The summed E-state index contributed by atoms with van der Waals surface area (Å²) in [7, 11) is -2.05. The number of nitrogens with zero attached hydrogens (tertiary/aromatic N) is 1. The Morgan fingerprint density at radius 1 is 1.54 bits per heavy atom. The van der Waals surface area contributed by atoms with E-state index in [1.807, 2.05) is 0 Å². The van der Waals surface area contributed by atoms with Gasteiger partial charge in [-0.3, -0.25) is 0 Å². The van der Waals surface area contributed by atoms with Gasteiger partial charge in [-0.25, -0.2) is 18.1 Å². The fourth-order valence-corrected chi connectivity index (χ4v) is 2.52. The van der Waals surface area contributed by atoms with E-state index in [4.69, 9.17) is 0 Å². The molecular formula is C7H9BrN2O2S. The van der Waals surface area contributed by atoms with Crippen LogP contribution < -0.4 is 4.72 Å². The molecule has 0 radical (unpaired) electrons. The molecule has 1 N–H and O–H groups in total. The van der Waals surface area contributed by atoms with Crippen molar-refractivity contribution in [1.29, 1.82) is 0 Å². The van der Waals surface area contributed by atoms with Crippen molar-refractivity contribution in [3.63, 3.8) is 0 Å². The zero-order chi connectivity index (χ0) is 10.1. The largest absolute Gasteiger partial charge is 0.248 e. The molecule has 0 aliphatic carbocycles. The second-order valence-electron chi connectivity index (χ2n) is 2.51. The summed E-state index contributed by atoms with van der Waals surface area (Å²) in [6, 6.07) is 1.56. The molecule has 0 aromatic carbocycles. The number of nitrogens with one attached hydrogen (secondary N) is 1. The molecule has 0 atom stereocenters. The molecule has 0 amide bonds. The monoisotopic (exact) mass is 264 g/mol. The molecule has 0 aliphatic heterocycles. The fraction of sp³-hybridized carbons (Fsp3) is 0.286. The SMILES string of the molecule is CNS(=O)(=O)c1cc(C)cnc1Br. The molecule has 0 unspecified atom stereocenters. The fourth-order valence-electron chi connectivity index (χ4n) is 0.824. The maximum Gasteiger partial charge on any atom is 0.243 e. The number of sulfonamides is 1. The maximum atomic E-state index is 11.4. The molecule has 0 aliphatic rings. The third kappa shape index (κ3) is 2.26. The molecule has 1 aromatic rings. The van der Waals surface area contributed by atoms with Crippen molar-refractivity contribution in [1.82, 2.24) is 9.71 Å². The highest BCUT2D eigenvalue weighted by atomic mass is 79.9. The first-order valence-corrected chi connectivity index (χ1v) is 5.80. The molecule has 1 rings (SSSR count). The number of hydrogen-bond donors (Lipinski definition) is 1. The van der Waals surface area contributed by atoms with Crippen molar-refractivity contribution >= 4 is 26.0 Å². The number of aromatic nitrogens is 1. The van der Waals surface area contributed by atoms with Gasteiger partial charge in [0.1, 0.15) is 9.50 Å². The van der Waals surface area contributed by atoms with Crippen molar-refractivity contribution in [3.8, 4) is 0 Å². The lowest BCUT2D eigenvalue weighted by molar-refractivity contribution is 0.587. The molecule has 4 nitrogen and oxygen atoms in total. The molecular weight excluding hydrogens is 256 g/mol. The average Bonchev–Trinajstić information content (AvgIpc) is 2.09. The predicted octanol–water partition coefficient (Wildman–Crippen LogP) is 1.06. The molecule has 13 heavy (non-hydrogen) atoms. The minimum atomic E-state index is -3.41. The van der Waals surface area contributed by atoms with Gasteiger partial charge in [-0.2, -0.15) is 0 Å². The van der Waals surface area contributed by atoms with Crippen LogP contribution in [-0.4, -0.2) is 20.4 Å². The molecule has 6 heteroatoms. The van der Waals surface area contributed by atoms with Gasteiger partial charge in [0.05, 0.1) is 0 Å². The van der Waals surface area contributed by atoms with Crippen LogP contribution in [0.2, 0.25) is 0 Å². The topological polar surface area (TPSA) is 59.1 Å². The molecule has 0 bridgehead atoms. The van der Waals surface area contributed by atoms with E-state index in [0.29, 0.717) is 4.60 Å². The average molecular weight is 265 g/mol. The lowest BCUT2D eigenvalue weighted by Crippen LogP contribution is -2.19. The Hall–Kier alpha value is -0.460. The van der Waals surface area contributed by atoms with Crippen LogP contribution in [-0.2, 0) is 10.0 Å². The van der Waals surface area contributed by atoms with Gasteiger partial charge < -0.3 is 0 Å². The van der Waals surface area contributed by atoms with Crippen LogP contribution >= 0.6 is 15.9 Å². The Kier molecular flexibility index (Phi) is 3.05. The third-order valence-electron chi connectivity index (χ3n) is 1.50. The van der Waals surface area contributed by atoms with Crippen LogP contribution in [0.3, 0.4) is 0 Å². The third-order valence-corrected chi connectivity index (χ3v) is 3.82. The Morgan fingerprint density at radius 3 is 2.69 bits per heavy atom. The van der Waals surface area contributed by atoms with Crippen LogP contribution in [0.4, 0.5) is 0 Å². The summed E-state index contributed by atoms with van der Waals surface area (Å²) in [4.78, 5) is 4.05. The van der Waals surface area contributed by atoms with Gasteiger partial charge in [-0.15, -0.1) is 0 Å². The number of hydrogen-bond acceptors (Lipinski definition) is 3. The standard InChI is InChI=1S/C7H9BrN2O2S/c1-5-3-6(7(8)10-4-5)13(11,12)9-2/h3-4,9H,1-2H3. The summed E-state index contributed by atoms with van der Waals surface area (Å²) in [6.07, 6.45) is 1.60. The van der Waals surface area contributed by atoms with E-state index in [2.05, 4.69) is 25.6 Å². The van der Waals surface area contributed by atoms with Gasteiger partial charge in [-0.05, 0) is 41.5 Å². The number of halogens is 1. The van der Waals surface area contributed by atoms with E-state index < -0.39 is 10.0 Å². The van der Waals surface area contributed by atoms with Crippen molar-refractivity contribution < 1.29 is 8.42 Å². The minimum absolute atomic E-state index is 0.162. The van der Waals surface area contributed by atoms with Gasteiger partial charge in [0.25, 0.3) is 0 Å². The molecule has 0 fully saturated rings. The summed E-state index contributed by atoms with van der Waals surface area (Å²) < 4.78 is 25.3. The lowest BCUT2D eigenvalue weighted by atomic mass is 10.3. The Bertz CT molecular complexity index is 417. The van der Waals surface area contributed by atoms with Crippen molar-refractivity contribution in [2.75, 3.05) is 7.05 Å². The molecule has 1 heterocycles. The number of rotatable bonds is 2. The van der Waals surface area contributed by atoms with Crippen LogP contribution in [0.5, 0.6) is 0 Å². The summed E-state index contributed by atoms with van der Waals surface area (Å²) in [5.74, 6) is 0. The van der Waals surface area contributed by atoms with Crippen molar-refractivity contribution in [2.45, 2.75) is 11.8 Å². The van der Waals surface area contributed by atoms with Crippen LogP contribution in [0, 0.1) is 6.92 Å². The normalized spacial score (nSPS) is 11.6. The van der Waals surface area contributed by atoms with E-state index in [9.17, 15) is 8.42 Å². The Labute approximate surface area is 85.6 Å². The zero-order valence-corrected chi connectivity index (χ0v) is 9.61. The highest BCUT2D eigenvalue weighted by molar-refractivity contribution is 9.10. The van der Waals surface area contributed by atoms with Crippen LogP contribution in [0.1, 0.15) is 5.56 Å². The van der Waals surface area contributed by atoms with E-state index in [1.165, 1.54) is 7.05 Å². The summed E-state index contributed by atoms with van der Waals surface area (Å²) in [5, 5.41) is 0. The molecule has 72 valence electrons. The number of aryl methyl sites for hydroxylation is 1. The highest BCUT2D eigenvalue weighted by Crippen LogP contribution is 2.19. The first kappa shape index (κ1) is 10.6. The van der Waals surface area contributed by atoms with Gasteiger partial charge in [0.2, 0.25) is 10.0 Å². The Morgan fingerprint density at radius 2 is 2.15 bits per heavy atom. The number of pyridine rings is 1. The molecule has 1 aromatic heterocycles. The quantitative estimate of drug-likeness (QED) is 0.813. The second-order valence-corrected chi connectivity index (χ2v) is 5.12. The van der Waals surface area contributed by atoms with Gasteiger partial charge in [0, 0.05) is 6.20 Å². The second kappa shape index (κ2) is 3.73. The van der Waals surface area contributed by atoms with Crippen molar-refractivity contribution in [2.24, 2.45) is 0 Å². The van der Waals surface area contributed by atoms with E-state index in [1.54, 1.807) is 19.2 Å². The molecule has 0 spiro atoms. The highest BCUT2D eigenvalue weighted by Gasteiger charge is 2.15. The van der Waals surface area contributed by atoms with E-state index in [0.717, 1.165) is 5.56 Å². The maximum absolute atomic E-state index is 11.4. The van der Waals surface area contributed by atoms with Crippen LogP contribution in [0.25, 0.3) is 0 Å². The van der Waals surface area contributed by atoms with E-state index >= 15 is 0 Å². The first-order valence-electron chi connectivity index (χ1n) is 3.53. The first-order chi connectivity index (χ1) is 5.97. The summed E-state index contributed by atoms with van der Waals surface area (Å²) in [6.45, 7) is 1.79. The minimum Gasteiger partial charge on any atom is -0.248 e. The smallest absolute Gasteiger partial charge is 0.243 e. The summed E-state index contributed by atoms with van der Waals surface area (Å²) >= 11 is 3.08. The summed E-state index contributed by atoms with van der Waals surface area (Å²) in [5.41, 5.74) is 0.803. The van der Waals surface area contributed by atoms with Crippen molar-refractivity contribution in [3.05, 3.63) is 22.4 Å². The Balaban J connectivity index is 3.38. The van der Waals surface area contributed by atoms with Gasteiger partial charge in [-0.1, -0.05) is 0 Å². The molecule has 0 saturated heterocycles. The lowest BCUT2D eigenvalue weighted by Gasteiger charge is -2.04. The molecule has 0 saturated carbocycles. The zero-order valence-electron chi connectivity index (χ0n) is 7.20.